The van der Waals surface area contributed by atoms with Gasteiger partial charge in [-0.1, -0.05) is 59.2 Å². The van der Waals surface area contributed by atoms with Gasteiger partial charge in [0.2, 0.25) is 5.91 Å². The summed E-state index contributed by atoms with van der Waals surface area (Å²) in [7, 11) is 1.63. The van der Waals surface area contributed by atoms with Gasteiger partial charge >= 0.3 is 6.09 Å². The van der Waals surface area contributed by atoms with Crippen LogP contribution >= 0.6 is 11.6 Å². The number of carbonyl (C=O) groups is 2. The highest BCUT2D eigenvalue weighted by atomic mass is 35.5. The maximum absolute atomic E-state index is 13.8. The molecule has 1 aliphatic heterocycles. The third-order valence-corrected chi connectivity index (χ3v) is 6.81. The molecule has 1 N–H and O–H groups in total. The highest BCUT2D eigenvalue weighted by molar-refractivity contribution is 6.31. The highest BCUT2D eigenvalue weighted by Gasteiger charge is 2.36. The smallest absolute Gasteiger partial charge is 0.412 e. The van der Waals surface area contributed by atoms with E-state index in [1.165, 1.54) is 11.0 Å². The molecule has 1 aromatic heterocycles. The average Bonchev–Trinajstić information content (AvgIpc) is 3.52. The van der Waals surface area contributed by atoms with Gasteiger partial charge in [0.1, 0.15) is 12.4 Å². The lowest BCUT2D eigenvalue weighted by Crippen LogP contribution is -2.43. The van der Waals surface area contributed by atoms with E-state index in [2.05, 4.69) is 10.5 Å². The lowest BCUT2D eigenvalue weighted by molar-refractivity contribution is -0.143. The number of rotatable bonds is 10. The van der Waals surface area contributed by atoms with Crippen LogP contribution in [0.1, 0.15) is 32.3 Å². The van der Waals surface area contributed by atoms with Crippen LogP contribution in [-0.2, 0) is 25.4 Å². The number of amides is 2. The van der Waals surface area contributed by atoms with E-state index in [-0.39, 0.29) is 42.3 Å². The molecule has 2 aromatic carbocycles. The van der Waals surface area contributed by atoms with Crippen LogP contribution in [0.2, 0.25) is 5.02 Å². The van der Waals surface area contributed by atoms with Gasteiger partial charge in [-0.25, -0.2) is 9.18 Å². The number of nitrogens with one attached hydrogen (secondary N) is 1. The summed E-state index contributed by atoms with van der Waals surface area (Å²) in [6.07, 6.45) is -0.309. The Balaban J connectivity index is 1.36. The molecule has 2 amide bonds. The number of anilines is 1. The van der Waals surface area contributed by atoms with E-state index in [0.29, 0.717) is 24.4 Å². The van der Waals surface area contributed by atoms with Gasteiger partial charge < -0.3 is 23.6 Å². The Kier molecular flexibility index (Phi) is 9.21. The van der Waals surface area contributed by atoms with Crippen molar-refractivity contribution >= 4 is 29.4 Å². The van der Waals surface area contributed by atoms with Gasteiger partial charge in [-0.05, 0) is 38.3 Å². The first-order chi connectivity index (χ1) is 18.6. The van der Waals surface area contributed by atoms with Crippen LogP contribution in [0.4, 0.5) is 15.0 Å². The fraction of sp³-hybridized carbons (Fsp3) is 0.393. The molecule has 39 heavy (non-hydrogen) atoms. The zero-order valence-corrected chi connectivity index (χ0v) is 22.7. The number of carbonyl (C=O) groups excluding carboxylic acids is 2. The minimum absolute atomic E-state index is 0.00604. The van der Waals surface area contributed by atoms with Crippen molar-refractivity contribution in [2.45, 2.75) is 51.0 Å². The molecule has 208 valence electrons. The number of hydrogen-bond donors (Lipinski definition) is 1. The van der Waals surface area contributed by atoms with Crippen LogP contribution in [0, 0.1) is 5.82 Å². The first-order valence-corrected chi connectivity index (χ1v) is 13.0. The van der Waals surface area contributed by atoms with Crippen molar-refractivity contribution < 1.29 is 32.7 Å². The van der Waals surface area contributed by atoms with Crippen molar-refractivity contribution in [3.8, 4) is 11.3 Å². The Morgan fingerprint density at radius 2 is 2.00 bits per heavy atom. The first kappa shape index (κ1) is 28.5. The van der Waals surface area contributed by atoms with Gasteiger partial charge in [-0.15, -0.1) is 0 Å². The molecule has 11 heteroatoms. The molecule has 0 aliphatic carbocycles. The second-order valence-electron chi connectivity index (χ2n) is 9.72. The Morgan fingerprint density at radius 3 is 2.72 bits per heavy atom. The molecular formula is C28H31ClFN3O6. The standard InChI is InChI=1S/C28H31ClFN3O6/c1-28(2)37-17-21(38-28)14-20(33(3)25(34)13-12-19-10-7-11-22(30)26(19)29)16-36-27(35)31-24-15-23(39-32-24)18-8-5-4-6-9-18/h4-11,15,20-21H,12-14,16-17H2,1-3H3,(H,31,32,35)/t20-,21+/m0/s1. The average molecular weight is 560 g/mol. The van der Waals surface area contributed by atoms with Crippen molar-refractivity contribution in [1.82, 2.24) is 10.1 Å². The minimum Gasteiger partial charge on any atom is -0.447 e. The van der Waals surface area contributed by atoms with E-state index < -0.39 is 23.7 Å². The number of benzene rings is 2. The van der Waals surface area contributed by atoms with Gasteiger partial charge in [0.05, 0.1) is 23.8 Å². The van der Waals surface area contributed by atoms with Crippen LogP contribution in [0.3, 0.4) is 0 Å². The SMILES string of the molecule is CN(C(=O)CCc1cccc(F)c1Cl)[C@H](COC(=O)Nc1cc(-c2ccccc2)on1)C[C@@H]1COC(C)(C)O1. The minimum atomic E-state index is -0.746. The van der Waals surface area contributed by atoms with E-state index in [1.807, 2.05) is 44.2 Å². The van der Waals surface area contributed by atoms with E-state index in [1.54, 1.807) is 25.2 Å². The van der Waals surface area contributed by atoms with Crippen molar-refractivity contribution in [2.75, 3.05) is 25.6 Å². The van der Waals surface area contributed by atoms with Crippen LogP contribution in [0.25, 0.3) is 11.3 Å². The largest absolute Gasteiger partial charge is 0.447 e. The molecule has 0 radical (unpaired) electrons. The Morgan fingerprint density at radius 1 is 1.23 bits per heavy atom. The van der Waals surface area contributed by atoms with E-state index in [0.717, 1.165) is 5.56 Å². The van der Waals surface area contributed by atoms with Crippen LogP contribution in [0.5, 0.6) is 0 Å². The van der Waals surface area contributed by atoms with Crippen molar-refractivity contribution in [1.29, 1.82) is 0 Å². The van der Waals surface area contributed by atoms with Crippen LogP contribution in [-0.4, -0.2) is 60.3 Å². The number of likely N-dealkylation sites (N-methyl/N-ethyl adjacent to an activating group) is 1. The van der Waals surface area contributed by atoms with Crippen molar-refractivity contribution in [2.24, 2.45) is 0 Å². The van der Waals surface area contributed by atoms with Gasteiger partial charge in [0, 0.05) is 25.1 Å². The molecule has 4 rings (SSSR count). The second kappa shape index (κ2) is 12.6. The molecule has 1 saturated heterocycles. The number of halogens is 2. The molecule has 0 bridgehead atoms. The Bertz CT molecular complexity index is 1290. The highest BCUT2D eigenvalue weighted by Crippen LogP contribution is 2.27. The summed E-state index contributed by atoms with van der Waals surface area (Å²) >= 11 is 6.04. The van der Waals surface area contributed by atoms with Crippen molar-refractivity contribution in [3.05, 3.63) is 71.0 Å². The third kappa shape index (κ3) is 7.78. The molecule has 1 fully saturated rings. The molecule has 0 saturated carbocycles. The molecule has 1 aliphatic rings. The number of aromatic nitrogens is 1. The van der Waals surface area contributed by atoms with Crippen LogP contribution in [0.15, 0.2) is 59.1 Å². The van der Waals surface area contributed by atoms with Crippen LogP contribution < -0.4 is 5.32 Å². The molecule has 3 aromatic rings. The molecule has 0 unspecified atom stereocenters. The summed E-state index contributed by atoms with van der Waals surface area (Å²) in [4.78, 5) is 27.1. The zero-order chi connectivity index (χ0) is 28.0. The normalized spacial score (nSPS) is 17.0. The first-order valence-electron chi connectivity index (χ1n) is 12.6. The number of ether oxygens (including phenoxy) is 3. The van der Waals surface area contributed by atoms with Crippen molar-refractivity contribution in [3.63, 3.8) is 0 Å². The summed E-state index contributed by atoms with van der Waals surface area (Å²) in [5, 5.41) is 6.41. The topological polar surface area (TPSA) is 103 Å². The Labute approximate surface area is 231 Å². The molecule has 0 spiro atoms. The fourth-order valence-corrected chi connectivity index (χ4v) is 4.49. The number of nitrogens with zero attached hydrogens (tertiary/aromatic N) is 2. The van der Waals surface area contributed by atoms with Gasteiger partial charge in [0.15, 0.2) is 17.4 Å². The molecule has 9 nitrogen and oxygen atoms in total. The number of aryl methyl sites for hydroxylation is 1. The molecule has 2 atom stereocenters. The lowest BCUT2D eigenvalue weighted by atomic mass is 10.1. The monoisotopic (exact) mass is 559 g/mol. The summed E-state index contributed by atoms with van der Waals surface area (Å²) in [5.74, 6) is -0.800. The van der Waals surface area contributed by atoms with Gasteiger partial charge in [-0.2, -0.15) is 0 Å². The van der Waals surface area contributed by atoms with Gasteiger partial charge in [0.25, 0.3) is 0 Å². The van der Waals surface area contributed by atoms with Gasteiger partial charge in [-0.3, -0.25) is 10.1 Å². The second-order valence-corrected chi connectivity index (χ2v) is 10.1. The predicted molar refractivity (Wildman–Crippen MR) is 143 cm³/mol. The third-order valence-electron chi connectivity index (χ3n) is 6.39. The maximum Gasteiger partial charge on any atom is 0.412 e. The zero-order valence-electron chi connectivity index (χ0n) is 22.0. The predicted octanol–water partition coefficient (Wildman–Crippen LogP) is 5.68. The Hall–Kier alpha value is -3.47. The summed E-state index contributed by atoms with van der Waals surface area (Å²) in [6, 6.07) is 14.9. The maximum atomic E-state index is 13.8. The fourth-order valence-electron chi connectivity index (χ4n) is 4.27. The summed E-state index contributed by atoms with van der Waals surface area (Å²) in [6.45, 7) is 3.87. The summed E-state index contributed by atoms with van der Waals surface area (Å²) < 4.78 is 36.1. The number of hydrogen-bond acceptors (Lipinski definition) is 7. The summed E-state index contributed by atoms with van der Waals surface area (Å²) in [5.41, 5.74) is 1.36. The van der Waals surface area contributed by atoms with E-state index >= 15 is 0 Å². The quantitative estimate of drug-likeness (QED) is 0.340. The molecular weight excluding hydrogens is 529 g/mol. The van der Waals surface area contributed by atoms with E-state index in [9.17, 15) is 14.0 Å². The lowest BCUT2D eigenvalue weighted by Gasteiger charge is -2.30. The van der Waals surface area contributed by atoms with E-state index in [4.69, 9.17) is 30.3 Å². The molecule has 2 heterocycles.